The van der Waals surface area contributed by atoms with Crippen molar-refractivity contribution in [2.24, 2.45) is 0 Å². The molecule has 18 heavy (non-hydrogen) atoms. The number of hydrogen-bond donors (Lipinski definition) is 1. The minimum Gasteiger partial charge on any atom is -0.468 e. The lowest BCUT2D eigenvalue weighted by Crippen LogP contribution is -2.57. The van der Waals surface area contributed by atoms with Crippen LogP contribution in [0.1, 0.15) is 50.5 Å². The SMILES string of the molecule is COC(=O)C1(NCc2ncoc2C(C)C)CCC1. The molecule has 1 heterocycles. The first-order valence-electron chi connectivity index (χ1n) is 6.35. The molecule has 1 aliphatic rings. The normalized spacial score (nSPS) is 17.6. The van der Waals surface area contributed by atoms with Crippen molar-refractivity contribution in [2.45, 2.75) is 51.1 Å². The van der Waals surface area contributed by atoms with Crippen LogP contribution in [0.15, 0.2) is 10.8 Å². The highest BCUT2D eigenvalue weighted by molar-refractivity contribution is 5.81. The van der Waals surface area contributed by atoms with Gasteiger partial charge in [0, 0.05) is 12.5 Å². The van der Waals surface area contributed by atoms with E-state index in [-0.39, 0.29) is 5.97 Å². The van der Waals surface area contributed by atoms with Crippen molar-refractivity contribution in [1.82, 2.24) is 10.3 Å². The van der Waals surface area contributed by atoms with E-state index in [0.717, 1.165) is 30.7 Å². The first-order valence-corrected chi connectivity index (χ1v) is 6.35. The van der Waals surface area contributed by atoms with Gasteiger partial charge in [0.05, 0.1) is 12.8 Å². The van der Waals surface area contributed by atoms with Gasteiger partial charge in [-0.25, -0.2) is 4.98 Å². The standard InChI is InChI=1S/C13H20N2O3/c1-9(2)11-10(14-8-18-11)7-15-13(5-4-6-13)12(16)17-3/h8-9,15H,4-7H2,1-3H3. The fourth-order valence-corrected chi connectivity index (χ4v) is 2.31. The highest BCUT2D eigenvalue weighted by Gasteiger charge is 2.45. The minimum atomic E-state index is -0.512. The van der Waals surface area contributed by atoms with E-state index in [2.05, 4.69) is 24.1 Å². The number of aromatic nitrogens is 1. The Morgan fingerprint density at radius 3 is 2.83 bits per heavy atom. The molecule has 0 amide bonds. The van der Waals surface area contributed by atoms with Gasteiger partial charge in [-0.05, 0) is 19.3 Å². The monoisotopic (exact) mass is 252 g/mol. The van der Waals surface area contributed by atoms with E-state index >= 15 is 0 Å². The van der Waals surface area contributed by atoms with Gasteiger partial charge in [-0.2, -0.15) is 0 Å². The van der Waals surface area contributed by atoms with Crippen LogP contribution in [0.2, 0.25) is 0 Å². The molecule has 1 fully saturated rings. The van der Waals surface area contributed by atoms with E-state index in [1.165, 1.54) is 13.5 Å². The largest absolute Gasteiger partial charge is 0.468 e. The Balaban J connectivity index is 2.02. The van der Waals surface area contributed by atoms with Gasteiger partial charge in [0.2, 0.25) is 0 Å². The Labute approximate surface area is 107 Å². The zero-order valence-electron chi connectivity index (χ0n) is 11.2. The molecule has 0 saturated heterocycles. The van der Waals surface area contributed by atoms with E-state index in [0.29, 0.717) is 12.5 Å². The molecule has 0 aromatic carbocycles. The molecule has 0 unspecified atom stereocenters. The molecule has 1 aromatic rings. The highest BCUT2D eigenvalue weighted by Crippen LogP contribution is 2.33. The molecule has 5 nitrogen and oxygen atoms in total. The quantitative estimate of drug-likeness (QED) is 0.812. The van der Waals surface area contributed by atoms with Crippen molar-refractivity contribution in [3.8, 4) is 0 Å². The molecule has 2 rings (SSSR count). The van der Waals surface area contributed by atoms with E-state index < -0.39 is 5.54 Å². The van der Waals surface area contributed by atoms with Gasteiger partial charge < -0.3 is 9.15 Å². The molecule has 0 aliphatic heterocycles. The Kier molecular flexibility index (Phi) is 3.71. The smallest absolute Gasteiger partial charge is 0.326 e. The number of hydrogen-bond acceptors (Lipinski definition) is 5. The molecule has 5 heteroatoms. The number of oxazole rings is 1. The molecule has 0 radical (unpaired) electrons. The number of nitrogens with zero attached hydrogens (tertiary/aromatic N) is 1. The Morgan fingerprint density at radius 1 is 1.61 bits per heavy atom. The van der Waals surface area contributed by atoms with Gasteiger partial charge in [-0.1, -0.05) is 13.8 Å². The summed E-state index contributed by atoms with van der Waals surface area (Å²) in [6, 6.07) is 0. The van der Waals surface area contributed by atoms with Gasteiger partial charge >= 0.3 is 5.97 Å². The maximum Gasteiger partial charge on any atom is 0.326 e. The van der Waals surface area contributed by atoms with Crippen LogP contribution in [0, 0.1) is 0 Å². The second-order valence-corrected chi connectivity index (χ2v) is 5.10. The number of nitrogens with one attached hydrogen (secondary N) is 1. The molecule has 1 aliphatic carbocycles. The van der Waals surface area contributed by atoms with Crippen molar-refractivity contribution < 1.29 is 13.9 Å². The van der Waals surface area contributed by atoms with E-state index in [9.17, 15) is 4.79 Å². The molecule has 1 aromatic heterocycles. The second kappa shape index (κ2) is 5.10. The van der Waals surface area contributed by atoms with Crippen molar-refractivity contribution in [3.63, 3.8) is 0 Å². The molecule has 0 spiro atoms. The number of methoxy groups -OCH3 is 1. The van der Waals surface area contributed by atoms with Crippen LogP contribution in [0.25, 0.3) is 0 Å². The summed E-state index contributed by atoms with van der Waals surface area (Å²) in [6.45, 7) is 4.66. The average molecular weight is 252 g/mol. The summed E-state index contributed by atoms with van der Waals surface area (Å²) >= 11 is 0. The third kappa shape index (κ3) is 2.27. The second-order valence-electron chi connectivity index (χ2n) is 5.10. The first-order chi connectivity index (χ1) is 8.59. The van der Waals surface area contributed by atoms with E-state index in [1.54, 1.807) is 0 Å². The fourth-order valence-electron chi connectivity index (χ4n) is 2.31. The lowest BCUT2D eigenvalue weighted by Gasteiger charge is -2.39. The lowest BCUT2D eigenvalue weighted by molar-refractivity contribution is -0.152. The first kappa shape index (κ1) is 13.1. The van der Waals surface area contributed by atoms with Crippen LogP contribution >= 0.6 is 0 Å². The molecule has 0 atom stereocenters. The number of rotatable bonds is 5. The third-order valence-electron chi connectivity index (χ3n) is 3.57. The topological polar surface area (TPSA) is 64.4 Å². The maximum atomic E-state index is 11.8. The van der Waals surface area contributed by atoms with Crippen LogP contribution < -0.4 is 5.32 Å². The van der Waals surface area contributed by atoms with Crippen LogP contribution in [0.5, 0.6) is 0 Å². The zero-order valence-corrected chi connectivity index (χ0v) is 11.2. The van der Waals surface area contributed by atoms with Crippen molar-refractivity contribution in [3.05, 3.63) is 17.8 Å². The minimum absolute atomic E-state index is 0.177. The fraction of sp³-hybridized carbons (Fsp3) is 0.692. The summed E-state index contributed by atoms with van der Waals surface area (Å²) in [4.78, 5) is 16.0. The van der Waals surface area contributed by atoms with Crippen LogP contribution in [0.4, 0.5) is 0 Å². The van der Waals surface area contributed by atoms with Crippen molar-refractivity contribution >= 4 is 5.97 Å². The summed E-state index contributed by atoms with van der Waals surface area (Å²) in [5.41, 5.74) is 0.363. The molecule has 100 valence electrons. The predicted molar refractivity (Wildman–Crippen MR) is 66.0 cm³/mol. The van der Waals surface area contributed by atoms with Gasteiger partial charge in [0.25, 0.3) is 0 Å². The van der Waals surface area contributed by atoms with Crippen molar-refractivity contribution in [2.75, 3.05) is 7.11 Å². The zero-order chi connectivity index (χ0) is 13.2. The maximum absolute atomic E-state index is 11.8. The number of ether oxygens (including phenoxy) is 1. The van der Waals surface area contributed by atoms with Crippen LogP contribution in [0.3, 0.4) is 0 Å². The third-order valence-corrected chi connectivity index (χ3v) is 3.57. The number of carbonyl (C=O) groups is 1. The van der Waals surface area contributed by atoms with Gasteiger partial charge in [-0.15, -0.1) is 0 Å². The molecular weight excluding hydrogens is 232 g/mol. The molecule has 1 saturated carbocycles. The number of carbonyl (C=O) groups excluding carboxylic acids is 1. The van der Waals surface area contributed by atoms with E-state index in [1.807, 2.05) is 0 Å². The highest BCUT2D eigenvalue weighted by atomic mass is 16.5. The Morgan fingerprint density at radius 2 is 2.33 bits per heavy atom. The average Bonchev–Trinajstić information content (AvgIpc) is 2.75. The molecule has 0 bridgehead atoms. The lowest BCUT2D eigenvalue weighted by atomic mass is 9.76. The summed E-state index contributed by atoms with van der Waals surface area (Å²) in [7, 11) is 1.43. The molecule has 1 N–H and O–H groups in total. The summed E-state index contributed by atoms with van der Waals surface area (Å²) in [5, 5.41) is 3.28. The van der Waals surface area contributed by atoms with Gasteiger partial charge in [0.1, 0.15) is 11.3 Å². The van der Waals surface area contributed by atoms with E-state index in [4.69, 9.17) is 9.15 Å². The summed E-state index contributed by atoms with van der Waals surface area (Å²) < 4.78 is 10.2. The van der Waals surface area contributed by atoms with Gasteiger partial charge in [0.15, 0.2) is 6.39 Å². The van der Waals surface area contributed by atoms with Gasteiger partial charge in [-0.3, -0.25) is 10.1 Å². The molecular formula is C13H20N2O3. The van der Waals surface area contributed by atoms with Crippen LogP contribution in [-0.4, -0.2) is 23.6 Å². The predicted octanol–water partition coefficient (Wildman–Crippen LogP) is 1.98. The van der Waals surface area contributed by atoms with Crippen molar-refractivity contribution in [1.29, 1.82) is 0 Å². The van der Waals surface area contributed by atoms with Crippen LogP contribution in [-0.2, 0) is 16.1 Å². The number of esters is 1. The summed E-state index contributed by atoms with van der Waals surface area (Å²) in [6.07, 6.45) is 4.17. The Bertz CT molecular complexity index is 422. The summed E-state index contributed by atoms with van der Waals surface area (Å²) in [5.74, 6) is 0.991. The Hall–Kier alpha value is -1.36.